The molecule has 1 aromatic carbocycles. The Kier molecular flexibility index (Phi) is 4.17. The number of aryl methyl sites for hydroxylation is 1. The van der Waals surface area contributed by atoms with Gasteiger partial charge in [-0.25, -0.2) is 0 Å². The van der Waals surface area contributed by atoms with Crippen LogP contribution in [0.5, 0.6) is 0 Å². The third-order valence-corrected chi connectivity index (χ3v) is 3.37. The summed E-state index contributed by atoms with van der Waals surface area (Å²) in [6, 6.07) is 5.15. The molecule has 1 heterocycles. The third-order valence-electron chi connectivity index (χ3n) is 2.67. The van der Waals surface area contributed by atoms with E-state index >= 15 is 0 Å². The molecule has 3 nitrogen and oxygen atoms in total. The van der Waals surface area contributed by atoms with Crippen molar-refractivity contribution in [2.45, 2.75) is 19.4 Å². The fourth-order valence-electron chi connectivity index (χ4n) is 1.65. The lowest BCUT2D eigenvalue weighted by molar-refractivity contribution is 0.690. The zero-order chi connectivity index (χ0) is 13.1. The summed E-state index contributed by atoms with van der Waals surface area (Å²) in [5.41, 5.74) is 8.53. The molecule has 18 heavy (non-hydrogen) atoms. The highest BCUT2D eigenvalue weighted by Gasteiger charge is 2.13. The first kappa shape index (κ1) is 13.3. The van der Waals surface area contributed by atoms with Gasteiger partial charge in [-0.15, -0.1) is 0 Å². The molecular formula is C13H13Cl2N3. The molecule has 94 valence electrons. The van der Waals surface area contributed by atoms with E-state index in [0.29, 0.717) is 16.5 Å². The van der Waals surface area contributed by atoms with Gasteiger partial charge in [0.2, 0.25) is 0 Å². The SMILES string of the molecule is Cc1cnc(C(N)Cc2c(Cl)cccc2Cl)cn1. The Labute approximate surface area is 116 Å². The van der Waals surface area contributed by atoms with E-state index in [1.165, 1.54) is 0 Å². The fraction of sp³-hybridized carbons (Fsp3) is 0.231. The van der Waals surface area contributed by atoms with Gasteiger partial charge in [0, 0.05) is 16.2 Å². The smallest absolute Gasteiger partial charge is 0.0757 e. The van der Waals surface area contributed by atoms with Crippen LogP contribution in [0.15, 0.2) is 30.6 Å². The predicted octanol–water partition coefficient (Wildman–Crippen LogP) is 3.33. The zero-order valence-electron chi connectivity index (χ0n) is 9.90. The normalized spacial score (nSPS) is 12.4. The summed E-state index contributed by atoms with van der Waals surface area (Å²) in [7, 11) is 0. The van der Waals surface area contributed by atoms with Gasteiger partial charge < -0.3 is 5.73 Å². The standard InChI is InChI=1S/C13H13Cl2N3/c1-8-6-18-13(7-17-8)12(16)5-9-10(14)3-2-4-11(9)15/h2-4,6-7,12H,5,16H2,1H3. The lowest BCUT2D eigenvalue weighted by Crippen LogP contribution is -2.15. The van der Waals surface area contributed by atoms with Crippen LogP contribution in [-0.4, -0.2) is 9.97 Å². The average Bonchev–Trinajstić information content (AvgIpc) is 2.34. The minimum atomic E-state index is -0.268. The molecule has 0 radical (unpaired) electrons. The minimum Gasteiger partial charge on any atom is -0.322 e. The van der Waals surface area contributed by atoms with Crippen molar-refractivity contribution in [1.82, 2.24) is 9.97 Å². The molecule has 0 saturated carbocycles. The molecule has 0 fully saturated rings. The molecule has 2 N–H and O–H groups in total. The molecule has 2 rings (SSSR count). The molecule has 2 aromatic rings. The molecule has 0 aliphatic rings. The van der Waals surface area contributed by atoms with Crippen molar-refractivity contribution < 1.29 is 0 Å². The first-order valence-corrected chi connectivity index (χ1v) is 6.30. The van der Waals surface area contributed by atoms with Gasteiger partial charge in [-0.2, -0.15) is 0 Å². The van der Waals surface area contributed by atoms with Crippen LogP contribution in [0.25, 0.3) is 0 Å². The molecule has 0 spiro atoms. The highest BCUT2D eigenvalue weighted by molar-refractivity contribution is 6.36. The lowest BCUT2D eigenvalue weighted by atomic mass is 10.0. The number of nitrogens with zero attached hydrogens (tertiary/aromatic N) is 2. The molecule has 0 saturated heterocycles. The minimum absolute atomic E-state index is 0.268. The fourth-order valence-corrected chi connectivity index (χ4v) is 2.20. The van der Waals surface area contributed by atoms with Crippen molar-refractivity contribution in [3.05, 3.63) is 57.6 Å². The molecule has 1 unspecified atom stereocenters. The average molecular weight is 282 g/mol. The number of rotatable bonds is 3. The molecular weight excluding hydrogens is 269 g/mol. The van der Waals surface area contributed by atoms with Gasteiger partial charge in [0.15, 0.2) is 0 Å². The van der Waals surface area contributed by atoms with Gasteiger partial charge in [0.25, 0.3) is 0 Å². The lowest BCUT2D eigenvalue weighted by Gasteiger charge is -2.13. The highest BCUT2D eigenvalue weighted by Crippen LogP contribution is 2.27. The topological polar surface area (TPSA) is 51.8 Å². The second-order valence-electron chi connectivity index (χ2n) is 4.09. The maximum absolute atomic E-state index is 6.11. The number of nitrogens with two attached hydrogens (primary N) is 1. The highest BCUT2D eigenvalue weighted by atomic mass is 35.5. The molecule has 0 amide bonds. The summed E-state index contributed by atoms with van der Waals surface area (Å²) in [4.78, 5) is 8.44. The number of benzene rings is 1. The molecule has 1 aromatic heterocycles. The second kappa shape index (κ2) is 5.65. The van der Waals surface area contributed by atoms with E-state index in [9.17, 15) is 0 Å². The van der Waals surface area contributed by atoms with Gasteiger partial charge in [-0.1, -0.05) is 29.3 Å². The van der Waals surface area contributed by atoms with Crippen LogP contribution < -0.4 is 5.73 Å². The van der Waals surface area contributed by atoms with Crippen LogP contribution in [-0.2, 0) is 6.42 Å². The first-order valence-electron chi connectivity index (χ1n) is 5.55. The number of halogens is 2. The Bertz CT molecular complexity index is 520. The largest absolute Gasteiger partial charge is 0.322 e. The van der Waals surface area contributed by atoms with E-state index in [1.54, 1.807) is 24.5 Å². The Morgan fingerprint density at radius 2 is 1.83 bits per heavy atom. The molecule has 1 atom stereocenters. The summed E-state index contributed by atoms with van der Waals surface area (Å²) in [5.74, 6) is 0. The van der Waals surface area contributed by atoms with Crippen molar-refractivity contribution >= 4 is 23.2 Å². The van der Waals surface area contributed by atoms with E-state index < -0.39 is 0 Å². The summed E-state index contributed by atoms with van der Waals surface area (Å²) < 4.78 is 0. The zero-order valence-corrected chi connectivity index (χ0v) is 11.4. The Morgan fingerprint density at radius 1 is 1.17 bits per heavy atom. The monoisotopic (exact) mass is 281 g/mol. The van der Waals surface area contributed by atoms with Crippen LogP contribution in [0.3, 0.4) is 0 Å². The Morgan fingerprint density at radius 3 is 2.39 bits per heavy atom. The quantitative estimate of drug-likeness (QED) is 0.939. The maximum atomic E-state index is 6.11. The molecule has 0 bridgehead atoms. The second-order valence-corrected chi connectivity index (χ2v) is 4.91. The number of hydrogen-bond donors (Lipinski definition) is 1. The molecule has 0 aliphatic carbocycles. The van der Waals surface area contributed by atoms with Crippen molar-refractivity contribution in [2.24, 2.45) is 5.73 Å². The summed E-state index contributed by atoms with van der Waals surface area (Å²) in [5, 5.41) is 1.25. The Balaban J connectivity index is 2.21. The van der Waals surface area contributed by atoms with E-state index in [1.807, 2.05) is 13.0 Å². The maximum Gasteiger partial charge on any atom is 0.0757 e. The van der Waals surface area contributed by atoms with Crippen LogP contribution in [0.1, 0.15) is 23.0 Å². The molecule has 5 heteroatoms. The van der Waals surface area contributed by atoms with Crippen LogP contribution >= 0.6 is 23.2 Å². The van der Waals surface area contributed by atoms with Crippen molar-refractivity contribution in [3.63, 3.8) is 0 Å². The van der Waals surface area contributed by atoms with Gasteiger partial charge in [0.1, 0.15) is 0 Å². The van der Waals surface area contributed by atoms with E-state index in [2.05, 4.69) is 9.97 Å². The van der Waals surface area contributed by atoms with Gasteiger partial charge in [0.05, 0.1) is 23.6 Å². The van der Waals surface area contributed by atoms with E-state index in [4.69, 9.17) is 28.9 Å². The summed E-state index contributed by atoms with van der Waals surface area (Å²) in [6.07, 6.45) is 3.92. The van der Waals surface area contributed by atoms with Crippen LogP contribution in [0, 0.1) is 6.92 Å². The summed E-state index contributed by atoms with van der Waals surface area (Å²) >= 11 is 12.2. The van der Waals surface area contributed by atoms with Crippen LogP contribution in [0.4, 0.5) is 0 Å². The van der Waals surface area contributed by atoms with Crippen molar-refractivity contribution in [3.8, 4) is 0 Å². The van der Waals surface area contributed by atoms with Crippen molar-refractivity contribution in [1.29, 1.82) is 0 Å². The van der Waals surface area contributed by atoms with Crippen molar-refractivity contribution in [2.75, 3.05) is 0 Å². The van der Waals surface area contributed by atoms with Crippen LogP contribution in [0.2, 0.25) is 10.0 Å². The van der Waals surface area contributed by atoms with E-state index in [-0.39, 0.29) is 6.04 Å². The molecule has 0 aliphatic heterocycles. The van der Waals surface area contributed by atoms with Gasteiger partial charge in [-0.3, -0.25) is 9.97 Å². The number of aromatic nitrogens is 2. The third kappa shape index (κ3) is 2.99. The predicted molar refractivity (Wildman–Crippen MR) is 73.9 cm³/mol. The van der Waals surface area contributed by atoms with E-state index in [0.717, 1.165) is 17.0 Å². The van der Waals surface area contributed by atoms with Gasteiger partial charge >= 0.3 is 0 Å². The Hall–Kier alpha value is -1.16. The van der Waals surface area contributed by atoms with Gasteiger partial charge in [-0.05, 0) is 31.0 Å². The first-order chi connectivity index (χ1) is 8.58. The summed E-state index contributed by atoms with van der Waals surface area (Å²) in [6.45, 7) is 1.88. The number of hydrogen-bond acceptors (Lipinski definition) is 3.